The number of hydrazone groups is 1. The van der Waals surface area contributed by atoms with Crippen molar-refractivity contribution in [2.24, 2.45) is 5.10 Å². The average molecular weight is 359 g/mol. The molecule has 0 spiro atoms. The van der Waals surface area contributed by atoms with Crippen LogP contribution in [0.4, 0.5) is 5.69 Å². The molecular weight excluding hydrogens is 349 g/mol. The zero-order valence-corrected chi connectivity index (χ0v) is 13.5. The number of rotatable bonds is 3. The minimum absolute atomic E-state index is 0.00335. The molecule has 0 aromatic carbocycles. The van der Waals surface area contributed by atoms with E-state index in [-0.39, 0.29) is 26.6 Å². The van der Waals surface area contributed by atoms with E-state index in [1.165, 1.54) is 0 Å². The Morgan fingerprint density at radius 3 is 2.64 bits per heavy atom. The number of nitrogens with zero attached hydrogens (tertiary/aromatic N) is 3. The molecule has 0 fully saturated rings. The second kappa shape index (κ2) is 6.91. The van der Waals surface area contributed by atoms with E-state index in [0.29, 0.717) is 11.4 Å². The third-order valence-electron chi connectivity index (χ3n) is 2.65. The van der Waals surface area contributed by atoms with Gasteiger partial charge in [-0.1, -0.05) is 40.9 Å². The van der Waals surface area contributed by atoms with Crippen molar-refractivity contribution in [2.75, 3.05) is 5.73 Å². The zero-order chi connectivity index (χ0) is 16.3. The van der Waals surface area contributed by atoms with Gasteiger partial charge in [0.05, 0.1) is 22.1 Å². The summed E-state index contributed by atoms with van der Waals surface area (Å²) >= 11 is 17.5. The summed E-state index contributed by atoms with van der Waals surface area (Å²) in [5.41, 5.74) is 8.93. The molecule has 6 nitrogen and oxygen atoms in total. The summed E-state index contributed by atoms with van der Waals surface area (Å²) in [6, 6.07) is 5.34. The van der Waals surface area contributed by atoms with Crippen LogP contribution in [0.5, 0.6) is 0 Å². The molecule has 0 bridgehead atoms. The van der Waals surface area contributed by atoms with Crippen molar-refractivity contribution in [2.45, 2.75) is 6.92 Å². The third-order valence-corrected chi connectivity index (χ3v) is 3.78. The number of amides is 1. The Hall–Kier alpha value is -1.89. The Morgan fingerprint density at radius 1 is 1.27 bits per heavy atom. The monoisotopic (exact) mass is 357 g/mol. The SMILES string of the molecule is C/C(=N/NC(=O)c1nc(Cl)c(Cl)c(N)c1Cl)c1ccccn1. The molecule has 0 aliphatic carbocycles. The molecule has 0 saturated heterocycles. The average Bonchev–Trinajstić information content (AvgIpc) is 2.54. The van der Waals surface area contributed by atoms with Crippen LogP contribution < -0.4 is 11.2 Å². The molecule has 0 aliphatic heterocycles. The molecule has 114 valence electrons. The van der Waals surface area contributed by atoms with Crippen LogP contribution >= 0.6 is 34.8 Å². The number of nitrogens with one attached hydrogen (secondary N) is 1. The minimum atomic E-state index is -0.662. The minimum Gasteiger partial charge on any atom is -0.396 e. The first kappa shape index (κ1) is 16.5. The number of hydrogen-bond acceptors (Lipinski definition) is 5. The third kappa shape index (κ3) is 3.47. The van der Waals surface area contributed by atoms with Crippen LogP contribution in [0.2, 0.25) is 15.2 Å². The summed E-state index contributed by atoms with van der Waals surface area (Å²) in [4.78, 5) is 20.0. The molecule has 0 aliphatic rings. The maximum atomic E-state index is 12.1. The van der Waals surface area contributed by atoms with Crippen LogP contribution in [0.25, 0.3) is 0 Å². The van der Waals surface area contributed by atoms with Gasteiger partial charge in [0.15, 0.2) is 10.8 Å². The van der Waals surface area contributed by atoms with Gasteiger partial charge in [0.1, 0.15) is 5.02 Å². The maximum Gasteiger partial charge on any atom is 0.291 e. The number of halogens is 3. The molecule has 3 N–H and O–H groups in total. The lowest BCUT2D eigenvalue weighted by Gasteiger charge is -2.08. The number of nitrogen functional groups attached to an aromatic ring is 1. The molecular formula is C13H10Cl3N5O. The lowest BCUT2D eigenvalue weighted by Crippen LogP contribution is -2.22. The Morgan fingerprint density at radius 2 is 2.00 bits per heavy atom. The fourth-order valence-corrected chi connectivity index (χ4v) is 2.10. The smallest absolute Gasteiger partial charge is 0.291 e. The van der Waals surface area contributed by atoms with Gasteiger partial charge in [-0.25, -0.2) is 10.4 Å². The van der Waals surface area contributed by atoms with Crippen LogP contribution in [-0.2, 0) is 0 Å². The van der Waals surface area contributed by atoms with E-state index in [1.54, 1.807) is 31.3 Å². The quantitative estimate of drug-likeness (QED) is 0.500. The molecule has 0 radical (unpaired) electrons. The van der Waals surface area contributed by atoms with Crippen molar-refractivity contribution in [3.05, 3.63) is 51.0 Å². The number of anilines is 1. The fourth-order valence-electron chi connectivity index (χ4n) is 1.50. The van der Waals surface area contributed by atoms with Crippen molar-refractivity contribution in [1.29, 1.82) is 0 Å². The lowest BCUT2D eigenvalue weighted by molar-refractivity contribution is 0.0950. The fraction of sp³-hybridized carbons (Fsp3) is 0.0769. The highest BCUT2D eigenvalue weighted by Crippen LogP contribution is 2.34. The molecule has 2 heterocycles. The second-order valence-electron chi connectivity index (χ2n) is 4.15. The van der Waals surface area contributed by atoms with Crippen molar-refractivity contribution in [1.82, 2.24) is 15.4 Å². The van der Waals surface area contributed by atoms with E-state index >= 15 is 0 Å². The van der Waals surface area contributed by atoms with Crippen molar-refractivity contribution in [3.8, 4) is 0 Å². The Kier molecular flexibility index (Phi) is 5.18. The predicted octanol–water partition coefficient (Wildman–Crippen LogP) is 3.17. The van der Waals surface area contributed by atoms with E-state index in [2.05, 4.69) is 20.5 Å². The van der Waals surface area contributed by atoms with Gasteiger partial charge >= 0.3 is 0 Å². The molecule has 0 atom stereocenters. The van der Waals surface area contributed by atoms with Crippen LogP contribution in [-0.4, -0.2) is 21.6 Å². The van der Waals surface area contributed by atoms with E-state index in [0.717, 1.165) is 0 Å². The highest BCUT2D eigenvalue weighted by molar-refractivity contribution is 6.46. The normalized spacial score (nSPS) is 11.4. The van der Waals surface area contributed by atoms with Crippen molar-refractivity contribution >= 4 is 52.1 Å². The number of aromatic nitrogens is 2. The number of nitrogens with two attached hydrogens (primary N) is 1. The highest BCUT2D eigenvalue weighted by atomic mass is 35.5. The predicted molar refractivity (Wildman–Crippen MR) is 87.6 cm³/mol. The Balaban J connectivity index is 2.24. The number of carbonyl (C=O) groups excluding carboxylic acids is 1. The largest absolute Gasteiger partial charge is 0.396 e. The molecule has 1 amide bonds. The first-order valence-electron chi connectivity index (χ1n) is 5.97. The Bertz CT molecular complexity index is 749. The van der Waals surface area contributed by atoms with Gasteiger partial charge < -0.3 is 5.73 Å². The summed E-state index contributed by atoms with van der Waals surface area (Å²) in [6.07, 6.45) is 1.62. The molecule has 22 heavy (non-hydrogen) atoms. The number of hydrogen-bond donors (Lipinski definition) is 2. The van der Waals surface area contributed by atoms with Gasteiger partial charge in [-0.3, -0.25) is 9.78 Å². The molecule has 2 rings (SSSR count). The number of carbonyl (C=O) groups is 1. The molecule has 9 heteroatoms. The molecule has 2 aromatic rings. The van der Waals surface area contributed by atoms with Crippen molar-refractivity contribution in [3.63, 3.8) is 0 Å². The topological polar surface area (TPSA) is 93.3 Å². The summed E-state index contributed by atoms with van der Waals surface area (Å²) < 4.78 is 0. The first-order chi connectivity index (χ1) is 10.4. The van der Waals surface area contributed by atoms with Crippen LogP contribution in [0.3, 0.4) is 0 Å². The van der Waals surface area contributed by atoms with Crippen LogP contribution in [0.15, 0.2) is 29.5 Å². The molecule has 0 saturated carbocycles. The van der Waals surface area contributed by atoms with Gasteiger partial charge in [-0.05, 0) is 19.1 Å². The maximum absolute atomic E-state index is 12.1. The molecule has 2 aromatic heterocycles. The van der Waals surface area contributed by atoms with Gasteiger partial charge in [0, 0.05) is 6.20 Å². The van der Waals surface area contributed by atoms with Crippen molar-refractivity contribution < 1.29 is 4.79 Å². The number of pyridine rings is 2. The van der Waals surface area contributed by atoms with E-state index in [1.807, 2.05) is 0 Å². The summed E-state index contributed by atoms with van der Waals surface area (Å²) in [6.45, 7) is 1.70. The van der Waals surface area contributed by atoms with Gasteiger partial charge in [-0.2, -0.15) is 5.10 Å². The first-order valence-corrected chi connectivity index (χ1v) is 7.11. The van der Waals surface area contributed by atoms with Gasteiger partial charge in [0.2, 0.25) is 0 Å². The lowest BCUT2D eigenvalue weighted by atomic mass is 10.3. The Labute approximate surface area is 141 Å². The summed E-state index contributed by atoms with van der Waals surface area (Å²) in [7, 11) is 0. The highest BCUT2D eigenvalue weighted by Gasteiger charge is 2.19. The van der Waals surface area contributed by atoms with Crippen LogP contribution in [0, 0.1) is 0 Å². The van der Waals surface area contributed by atoms with E-state index in [4.69, 9.17) is 40.5 Å². The zero-order valence-electron chi connectivity index (χ0n) is 11.3. The van der Waals surface area contributed by atoms with E-state index < -0.39 is 5.91 Å². The van der Waals surface area contributed by atoms with E-state index in [9.17, 15) is 4.79 Å². The molecule has 0 unspecified atom stereocenters. The standard InChI is InChI=1S/C13H10Cl3N5O/c1-6(7-4-2-3-5-18-7)20-21-13(22)11-8(14)10(17)9(15)12(16)19-11/h2-5H,1H3,(H2,17,19)(H,21,22)/b20-6-. The van der Waals surface area contributed by atoms with Gasteiger partial charge in [-0.15, -0.1) is 0 Å². The second-order valence-corrected chi connectivity index (χ2v) is 5.26. The summed E-state index contributed by atoms with van der Waals surface area (Å²) in [5.74, 6) is -0.662. The summed E-state index contributed by atoms with van der Waals surface area (Å²) in [5, 5.41) is 3.73. The van der Waals surface area contributed by atoms with Gasteiger partial charge in [0.25, 0.3) is 5.91 Å². The van der Waals surface area contributed by atoms with Crippen LogP contribution in [0.1, 0.15) is 23.1 Å².